The number of hydrogen-bond donors (Lipinski definition) is 0. The molecule has 9 aromatic heterocycles. The SMILES string of the molecule is CN(C)C=O.CN(C)C=O.O.O.O.O.O.O.O.[C-]#N.[C-]#N.[C-]#N.[C-]#N.[C-]#N.[C-]#N.[C-]#N.[C-]#N.[C-]#N.[Fe+3].[Fe+3].[Fe+3].[Mn+2].[Na+].c1ccc2c(c1)cnn2[B-](n1ncc2ccccc21)n1ncc2ccccc21.c1ccc2c(c1)cnn2[B-](n1ncc2ccccc21)n1ncc2ccccc21.c1ccc2c(c1)cnn2[B-](n1ncc2ccccc21)n1ncc2ccccc21. The molecule has 14 N–H and O–H groups in total. The van der Waals surface area contributed by atoms with Crippen molar-refractivity contribution in [1.82, 2.24) is 97.0 Å². The maximum Gasteiger partial charge on any atom is 3.00 e. The average Bonchev–Trinajstić information content (AvgIpc) is 1.61. The number of carbonyl (C=O) groups is 2. The number of rotatable bonds is 11. The Morgan fingerprint density at radius 3 is 0.387 bits per heavy atom. The van der Waals surface area contributed by atoms with E-state index < -0.39 is 0 Å². The van der Waals surface area contributed by atoms with E-state index in [2.05, 4.69) is 109 Å². The van der Waals surface area contributed by atoms with Crippen molar-refractivity contribution >= 4 is 132 Å². The second-order valence-corrected chi connectivity index (χ2v) is 22.5. The Hall–Kier alpha value is -14.4. The number of nitrogens with zero attached hydrogens (tertiary/aromatic N) is 29. The third-order valence-electron chi connectivity index (χ3n) is 15.9. The third-order valence-corrected chi connectivity index (χ3v) is 15.9. The summed E-state index contributed by atoms with van der Waals surface area (Å²) in [4.78, 5) is 21.8. The van der Waals surface area contributed by atoms with E-state index in [4.69, 9.17) is 152 Å². The van der Waals surface area contributed by atoms with Crippen LogP contribution in [-0.2, 0) is 77.9 Å². The summed E-state index contributed by atoms with van der Waals surface area (Å²) in [5.74, 6) is 0. The van der Waals surface area contributed by atoms with Gasteiger partial charge in [-0.05, 0) is 54.6 Å². The van der Waals surface area contributed by atoms with Crippen LogP contribution in [0, 0.1) is 107 Å². The number of fused-ring (bicyclic) bond motifs is 9. The number of benzene rings is 9. The molecule has 625 valence electrons. The van der Waals surface area contributed by atoms with Gasteiger partial charge in [-0.2, -0.15) is 0 Å². The van der Waals surface area contributed by atoms with E-state index >= 15 is 0 Å². The fourth-order valence-corrected chi connectivity index (χ4v) is 11.5. The van der Waals surface area contributed by atoms with E-state index in [1.807, 2.05) is 206 Å². The summed E-state index contributed by atoms with van der Waals surface area (Å²) in [6.07, 6.45) is 18.5. The molecule has 0 aliphatic carbocycles. The molecule has 9 aromatic carbocycles. The van der Waals surface area contributed by atoms with E-state index in [1.165, 1.54) is 9.80 Å². The Balaban J connectivity index is -0.000000227. The van der Waals surface area contributed by atoms with Gasteiger partial charge in [-0.15, -0.1) is 0 Å². The first-order valence-electron chi connectivity index (χ1n) is 32.3. The number of carbonyl (C=O) groups excluding carboxylic acids is 2. The first-order valence-corrected chi connectivity index (χ1v) is 32.3. The maximum atomic E-state index is 9.43. The van der Waals surface area contributed by atoms with Crippen molar-refractivity contribution in [2.75, 3.05) is 28.2 Å². The van der Waals surface area contributed by atoms with E-state index in [1.54, 1.807) is 28.2 Å². The molecule has 0 bridgehead atoms. The fourth-order valence-electron chi connectivity index (χ4n) is 11.5. The van der Waals surface area contributed by atoms with Gasteiger partial charge >= 0.3 is 97.8 Å². The smallest absolute Gasteiger partial charge is 0.512 e. The van der Waals surface area contributed by atoms with E-state index in [9.17, 15) is 9.59 Å². The predicted molar refractivity (Wildman–Crippen MR) is 443 cm³/mol. The molecule has 124 heavy (non-hydrogen) atoms. The summed E-state index contributed by atoms with van der Waals surface area (Å²) in [6.45, 7) is 42.8. The summed E-state index contributed by atoms with van der Waals surface area (Å²) in [5.41, 5.74) is 9.31. The zero-order valence-electron chi connectivity index (χ0n) is 66.1. The van der Waals surface area contributed by atoms with E-state index in [0.29, 0.717) is 0 Å². The third kappa shape index (κ3) is 28.9. The molecular weight excluding hydrogens is 1760 g/mol. The van der Waals surface area contributed by atoms with Crippen LogP contribution in [0.2, 0.25) is 0 Å². The molecule has 18 aromatic rings. The fraction of sp³-hybridized carbons (Fsp3) is 0.0513. The molecule has 0 unspecified atom stereocenters. The van der Waals surface area contributed by atoms with Gasteiger partial charge in [-0.1, -0.05) is 164 Å². The zero-order chi connectivity index (χ0) is 82.1. The molecule has 9 heterocycles. The predicted octanol–water partition coefficient (Wildman–Crippen LogP) is 2.49. The van der Waals surface area contributed by atoms with Crippen LogP contribution in [0.5, 0.6) is 0 Å². The van der Waals surface area contributed by atoms with Crippen LogP contribution in [0.1, 0.15) is 0 Å². The Labute approximate surface area is 777 Å². The molecule has 0 aliphatic heterocycles. The van der Waals surface area contributed by atoms with Crippen LogP contribution < -0.4 is 29.6 Å². The van der Waals surface area contributed by atoms with Gasteiger partial charge < -0.3 is 196 Å². The molecule has 2 amide bonds. The summed E-state index contributed by atoms with van der Waals surface area (Å²) < 4.78 is 17.8. The van der Waals surface area contributed by atoms with Gasteiger partial charge in [-0.25, -0.2) is 45.9 Å². The standard InChI is InChI=1S/3C21H15BN6.2C3H7NO.9CN.3Fe.Mn.Na.7H2O/c3*1-4-10-19-16(7-1)13-23-26(19)22(27-20-11-5-2-8-17(20)14-24-27)28-21-12-6-3-9-18(21)15-25-28;2*1-4(2)3-5;9*1-2;;;;;;;;;;;;/h3*1-15H;2*3H,1-2H3;;;;;;;;;;;;;;;7*1H2/q3*-1;;;9*-1;3*+3;+2;+1;;;;;;;. The Kier molecular flexibility index (Phi) is 67.0. The van der Waals surface area contributed by atoms with Gasteiger partial charge in [0.15, 0.2) is 0 Å². The molecule has 0 atom stereocenters. The summed E-state index contributed by atoms with van der Waals surface area (Å²) in [6, 6.07) is 73.8. The van der Waals surface area contributed by atoms with Gasteiger partial charge in [0.25, 0.3) is 21.4 Å². The second kappa shape index (κ2) is 66.4. The van der Waals surface area contributed by atoms with Gasteiger partial charge in [0, 0.05) is 126 Å². The van der Waals surface area contributed by atoms with Gasteiger partial charge in [0.1, 0.15) is 0 Å². The molecule has 0 saturated heterocycles. The van der Waals surface area contributed by atoms with Crippen molar-refractivity contribution in [3.8, 4) is 0 Å². The minimum Gasteiger partial charge on any atom is -0.512 e. The minimum absolute atomic E-state index is 0. The molecule has 46 heteroatoms. The Morgan fingerprint density at radius 1 is 0.226 bits per heavy atom. The van der Waals surface area contributed by atoms with Crippen molar-refractivity contribution in [2.45, 2.75) is 0 Å². The van der Waals surface area contributed by atoms with Gasteiger partial charge in [0.2, 0.25) is 12.8 Å². The zero-order valence-corrected chi connectivity index (χ0v) is 72.6. The molecule has 0 aliphatic rings. The number of aromatic nitrogens is 18. The molecule has 0 fully saturated rings. The van der Waals surface area contributed by atoms with E-state index in [-0.39, 0.29) is 158 Å². The number of para-hydroxylation sites is 9. The van der Waals surface area contributed by atoms with Crippen LogP contribution >= 0.6 is 0 Å². The quantitative estimate of drug-likeness (QED) is 0.102. The van der Waals surface area contributed by atoms with Crippen LogP contribution in [-0.4, -0.2) is 198 Å². The Morgan fingerprint density at radius 2 is 0.306 bits per heavy atom. The second-order valence-electron chi connectivity index (χ2n) is 22.5. The maximum absolute atomic E-state index is 9.43. The van der Waals surface area contributed by atoms with E-state index in [0.717, 1.165) is 111 Å². The largest absolute Gasteiger partial charge is 3.00 e. The van der Waals surface area contributed by atoms with Crippen molar-refractivity contribution in [3.63, 3.8) is 0 Å². The Bertz CT molecular complexity index is 5070. The topological polar surface area (TPSA) is 636 Å². The summed E-state index contributed by atoms with van der Waals surface area (Å²) in [7, 11) is 5.67. The molecule has 0 spiro atoms. The van der Waals surface area contributed by atoms with Gasteiger partial charge in [-0.3, -0.25) is 9.59 Å². The molecule has 38 nitrogen and oxygen atoms in total. The molecular formula is C78H73B3Fe3MnN29NaO9. The van der Waals surface area contributed by atoms with Crippen LogP contribution in [0.25, 0.3) is 98.1 Å². The summed E-state index contributed by atoms with van der Waals surface area (Å²) >= 11 is 0. The normalized spacial score (nSPS) is 8.75. The van der Waals surface area contributed by atoms with Crippen LogP contribution in [0.15, 0.2) is 274 Å². The average molecular weight is 1840 g/mol. The van der Waals surface area contributed by atoms with Crippen LogP contribution in [0.4, 0.5) is 0 Å². The monoisotopic (exact) mass is 1840 g/mol. The number of amides is 2. The minimum atomic E-state index is -0.361. The molecule has 18 rings (SSSR count). The van der Waals surface area contributed by atoms with Crippen molar-refractivity contribution in [1.29, 1.82) is 47.4 Å². The molecule has 0 saturated carbocycles. The van der Waals surface area contributed by atoms with Crippen molar-refractivity contribution in [2.24, 2.45) is 0 Å². The van der Waals surface area contributed by atoms with Gasteiger partial charge in [0.05, 0.1) is 55.8 Å². The van der Waals surface area contributed by atoms with Crippen molar-refractivity contribution in [3.05, 3.63) is 333 Å². The molecule has 7 radical (unpaired) electrons. The van der Waals surface area contributed by atoms with Crippen molar-refractivity contribution < 1.29 is 146 Å². The first kappa shape index (κ1) is 125. The first-order chi connectivity index (χ1) is 55.2. The number of hydrogen-bond acceptors (Lipinski definition) is 20. The van der Waals surface area contributed by atoms with Crippen LogP contribution in [0.3, 0.4) is 0 Å². The summed E-state index contributed by atoms with van der Waals surface area (Å²) in [5, 5.41) is 108.